The Morgan fingerprint density at radius 3 is 2.87 bits per heavy atom. The highest BCUT2D eigenvalue weighted by Gasteiger charge is 2.19. The van der Waals surface area contributed by atoms with E-state index in [0.29, 0.717) is 6.54 Å². The molecule has 0 aliphatic carbocycles. The highest BCUT2D eigenvalue weighted by Crippen LogP contribution is 2.05. The Morgan fingerprint density at radius 2 is 2.33 bits per heavy atom. The van der Waals surface area contributed by atoms with E-state index in [0.717, 1.165) is 12.0 Å². The van der Waals surface area contributed by atoms with Crippen molar-refractivity contribution in [2.75, 3.05) is 6.54 Å². The molecule has 0 aromatic carbocycles. The second kappa shape index (κ2) is 5.50. The fraction of sp³-hybridized carbons (Fsp3) is 0.400. The SMILES string of the molecule is CC(C(=O)O)C(=O)NCCc1ccsc1. The molecule has 1 amide bonds. The van der Waals surface area contributed by atoms with E-state index in [1.807, 2.05) is 16.8 Å². The Morgan fingerprint density at radius 1 is 1.60 bits per heavy atom. The maximum atomic E-state index is 11.2. The fourth-order valence-corrected chi connectivity index (χ4v) is 1.73. The van der Waals surface area contributed by atoms with Crippen LogP contribution in [0.2, 0.25) is 0 Å². The number of carbonyl (C=O) groups is 2. The van der Waals surface area contributed by atoms with E-state index in [1.54, 1.807) is 11.3 Å². The molecule has 2 N–H and O–H groups in total. The number of amides is 1. The van der Waals surface area contributed by atoms with Crippen LogP contribution >= 0.6 is 11.3 Å². The van der Waals surface area contributed by atoms with Crippen LogP contribution in [0.5, 0.6) is 0 Å². The predicted octanol–water partition coefficient (Wildman–Crippen LogP) is 1.13. The Labute approximate surface area is 91.9 Å². The molecule has 0 aliphatic heterocycles. The van der Waals surface area contributed by atoms with Crippen molar-refractivity contribution in [3.05, 3.63) is 22.4 Å². The molecule has 5 heteroatoms. The molecule has 1 rings (SSSR count). The zero-order valence-corrected chi connectivity index (χ0v) is 9.21. The van der Waals surface area contributed by atoms with E-state index < -0.39 is 17.8 Å². The van der Waals surface area contributed by atoms with Crippen LogP contribution in [-0.2, 0) is 16.0 Å². The van der Waals surface area contributed by atoms with E-state index in [1.165, 1.54) is 6.92 Å². The first-order valence-corrected chi connectivity index (χ1v) is 5.57. The summed E-state index contributed by atoms with van der Waals surface area (Å²) in [6.45, 7) is 1.86. The molecule has 1 aromatic rings. The average molecular weight is 227 g/mol. The summed E-state index contributed by atoms with van der Waals surface area (Å²) in [7, 11) is 0. The van der Waals surface area contributed by atoms with Crippen LogP contribution in [0, 0.1) is 5.92 Å². The van der Waals surface area contributed by atoms with Gasteiger partial charge in [0.1, 0.15) is 5.92 Å². The molecule has 82 valence electrons. The highest BCUT2D eigenvalue weighted by molar-refractivity contribution is 7.07. The lowest BCUT2D eigenvalue weighted by molar-refractivity contribution is -0.146. The summed E-state index contributed by atoms with van der Waals surface area (Å²) < 4.78 is 0. The average Bonchev–Trinajstić information content (AvgIpc) is 2.69. The third-order valence-electron chi connectivity index (χ3n) is 2.06. The van der Waals surface area contributed by atoms with Gasteiger partial charge in [-0.15, -0.1) is 0 Å². The first-order chi connectivity index (χ1) is 7.11. The molecule has 1 atom stereocenters. The van der Waals surface area contributed by atoms with Gasteiger partial charge >= 0.3 is 5.97 Å². The maximum Gasteiger partial charge on any atom is 0.315 e. The molecule has 1 aromatic heterocycles. The molecule has 0 aliphatic rings. The van der Waals surface area contributed by atoms with Crippen molar-refractivity contribution < 1.29 is 14.7 Å². The van der Waals surface area contributed by atoms with Crippen LogP contribution in [0.4, 0.5) is 0 Å². The molecule has 0 fully saturated rings. The van der Waals surface area contributed by atoms with Gasteiger partial charge in [0.05, 0.1) is 0 Å². The lowest BCUT2D eigenvalue weighted by Crippen LogP contribution is -2.34. The lowest BCUT2D eigenvalue weighted by Gasteiger charge is -2.07. The molecule has 15 heavy (non-hydrogen) atoms. The number of nitrogens with one attached hydrogen (secondary N) is 1. The zero-order valence-electron chi connectivity index (χ0n) is 8.40. The monoisotopic (exact) mass is 227 g/mol. The van der Waals surface area contributed by atoms with Crippen LogP contribution in [0.25, 0.3) is 0 Å². The highest BCUT2D eigenvalue weighted by atomic mass is 32.1. The van der Waals surface area contributed by atoms with Crippen LogP contribution in [-0.4, -0.2) is 23.5 Å². The summed E-state index contributed by atoms with van der Waals surface area (Å²) in [5.41, 5.74) is 1.16. The molecule has 0 bridgehead atoms. The number of hydrogen-bond acceptors (Lipinski definition) is 3. The minimum absolute atomic E-state index is 0.433. The number of carbonyl (C=O) groups excluding carboxylic acids is 1. The van der Waals surface area contributed by atoms with Crippen LogP contribution < -0.4 is 5.32 Å². The van der Waals surface area contributed by atoms with Crippen molar-refractivity contribution >= 4 is 23.2 Å². The van der Waals surface area contributed by atoms with Gasteiger partial charge < -0.3 is 10.4 Å². The quantitative estimate of drug-likeness (QED) is 0.741. The molecule has 0 saturated heterocycles. The van der Waals surface area contributed by atoms with Gasteiger partial charge in [-0.25, -0.2) is 0 Å². The summed E-state index contributed by atoms with van der Waals surface area (Å²) in [5.74, 6) is -2.51. The number of aliphatic carboxylic acids is 1. The van der Waals surface area contributed by atoms with Gasteiger partial charge in [0.2, 0.25) is 5.91 Å². The molecular weight excluding hydrogens is 214 g/mol. The number of thiophene rings is 1. The summed E-state index contributed by atoms with van der Waals surface area (Å²) in [4.78, 5) is 21.7. The van der Waals surface area contributed by atoms with Crippen molar-refractivity contribution in [3.8, 4) is 0 Å². The van der Waals surface area contributed by atoms with Crippen LogP contribution in [0.3, 0.4) is 0 Å². The van der Waals surface area contributed by atoms with Crippen molar-refractivity contribution in [2.45, 2.75) is 13.3 Å². The minimum Gasteiger partial charge on any atom is -0.481 e. The largest absolute Gasteiger partial charge is 0.481 e. The number of carboxylic acids is 1. The van der Waals surface area contributed by atoms with E-state index in [9.17, 15) is 9.59 Å². The Balaban J connectivity index is 2.26. The van der Waals surface area contributed by atoms with Gasteiger partial charge in [-0.1, -0.05) is 0 Å². The van der Waals surface area contributed by atoms with Gasteiger partial charge in [-0.05, 0) is 35.7 Å². The number of hydrogen-bond donors (Lipinski definition) is 2. The topological polar surface area (TPSA) is 66.4 Å². The number of rotatable bonds is 5. The molecule has 0 saturated carbocycles. The molecule has 0 radical (unpaired) electrons. The number of carboxylic acid groups (broad SMARTS) is 1. The van der Waals surface area contributed by atoms with E-state index in [2.05, 4.69) is 5.32 Å². The van der Waals surface area contributed by atoms with Crippen LogP contribution in [0.1, 0.15) is 12.5 Å². The lowest BCUT2D eigenvalue weighted by atomic mass is 10.1. The van der Waals surface area contributed by atoms with Gasteiger partial charge in [0.15, 0.2) is 0 Å². The third kappa shape index (κ3) is 3.71. The summed E-state index contributed by atoms with van der Waals surface area (Å²) in [6.07, 6.45) is 0.738. The van der Waals surface area contributed by atoms with Crippen LogP contribution in [0.15, 0.2) is 16.8 Å². The van der Waals surface area contributed by atoms with E-state index >= 15 is 0 Å². The maximum absolute atomic E-state index is 11.2. The third-order valence-corrected chi connectivity index (χ3v) is 2.79. The summed E-state index contributed by atoms with van der Waals surface area (Å²) in [6, 6.07) is 1.98. The van der Waals surface area contributed by atoms with Gasteiger partial charge in [-0.2, -0.15) is 11.3 Å². The summed E-state index contributed by atoms with van der Waals surface area (Å²) >= 11 is 1.60. The summed E-state index contributed by atoms with van der Waals surface area (Å²) in [5, 5.41) is 15.1. The second-order valence-electron chi connectivity index (χ2n) is 3.23. The smallest absolute Gasteiger partial charge is 0.315 e. The normalized spacial score (nSPS) is 12.1. The molecule has 1 unspecified atom stereocenters. The predicted molar refractivity (Wildman–Crippen MR) is 57.8 cm³/mol. The first-order valence-electron chi connectivity index (χ1n) is 4.63. The molecule has 1 heterocycles. The fourth-order valence-electron chi connectivity index (χ4n) is 1.03. The molecule has 0 spiro atoms. The Hall–Kier alpha value is -1.36. The van der Waals surface area contributed by atoms with Crippen molar-refractivity contribution in [1.82, 2.24) is 5.32 Å². The standard InChI is InChI=1S/C10H13NO3S/c1-7(10(13)14)9(12)11-4-2-8-3-5-15-6-8/h3,5-7H,2,4H2,1H3,(H,11,12)(H,13,14). The minimum atomic E-state index is -1.09. The van der Waals surface area contributed by atoms with Gasteiger partial charge in [0.25, 0.3) is 0 Å². The van der Waals surface area contributed by atoms with Gasteiger partial charge in [0, 0.05) is 6.54 Å². The van der Waals surface area contributed by atoms with Crippen molar-refractivity contribution in [3.63, 3.8) is 0 Å². The van der Waals surface area contributed by atoms with E-state index in [-0.39, 0.29) is 0 Å². The first kappa shape index (κ1) is 11.7. The Kier molecular flexibility index (Phi) is 4.30. The van der Waals surface area contributed by atoms with E-state index in [4.69, 9.17) is 5.11 Å². The van der Waals surface area contributed by atoms with Gasteiger partial charge in [-0.3, -0.25) is 9.59 Å². The van der Waals surface area contributed by atoms with Crippen molar-refractivity contribution in [1.29, 1.82) is 0 Å². The second-order valence-corrected chi connectivity index (χ2v) is 4.01. The molecule has 4 nitrogen and oxygen atoms in total. The Bertz CT molecular complexity index is 334. The zero-order chi connectivity index (χ0) is 11.3. The van der Waals surface area contributed by atoms with Crippen molar-refractivity contribution in [2.24, 2.45) is 5.92 Å². The molecular formula is C10H13NO3S.